The molecule has 0 radical (unpaired) electrons. The van der Waals surface area contributed by atoms with Crippen molar-refractivity contribution in [3.05, 3.63) is 30.1 Å². The molecule has 1 saturated heterocycles. The van der Waals surface area contributed by atoms with Crippen molar-refractivity contribution in [2.24, 2.45) is 5.92 Å². The summed E-state index contributed by atoms with van der Waals surface area (Å²) in [5, 5.41) is 6.47. The van der Waals surface area contributed by atoms with Gasteiger partial charge in [-0.3, -0.25) is 4.98 Å². The second-order valence-corrected chi connectivity index (χ2v) is 7.19. The van der Waals surface area contributed by atoms with Gasteiger partial charge in [-0.1, -0.05) is 6.07 Å². The van der Waals surface area contributed by atoms with E-state index in [4.69, 9.17) is 9.47 Å². The van der Waals surface area contributed by atoms with Gasteiger partial charge in [-0.25, -0.2) is 4.79 Å². The first kappa shape index (κ1) is 16.2. The van der Waals surface area contributed by atoms with Crippen LogP contribution in [0.4, 0.5) is 4.79 Å². The Morgan fingerprint density at radius 3 is 2.91 bits per heavy atom. The van der Waals surface area contributed by atoms with Crippen molar-refractivity contribution >= 4 is 6.09 Å². The van der Waals surface area contributed by atoms with Crippen molar-refractivity contribution in [3.63, 3.8) is 0 Å². The Bertz CT molecular complexity index is 544. The van der Waals surface area contributed by atoms with Gasteiger partial charge < -0.3 is 20.1 Å². The van der Waals surface area contributed by atoms with Crippen LogP contribution in [-0.2, 0) is 16.0 Å². The molecule has 1 aromatic rings. The van der Waals surface area contributed by atoms with Gasteiger partial charge in [0.05, 0.1) is 23.9 Å². The predicted molar refractivity (Wildman–Crippen MR) is 85.9 cm³/mol. The van der Waals surface area contributed by atoms with Crippen LogP contribution in [0.2, 0.25) is 0 Å². The lowest BCUT2D eigenvalue weighted by Gasteiger charge is -2.48. The molecule has 1 saturated carbocycles. The number of amides is 1. The number of nitrogens with zero attached hydrogens (tertiary/aromatic N) is 1. The van der Waals surface area contributed by atoms with E-state index in [1.54, 1.807) is 6.20 Å². The molecule has 6 nitrogen and oxygen atoms in total. The normalized spacial score (nSPS) is 29.5. The molecule has 2 N–H and O–H groups in total. The number of rotatable bonds is 4. The molecule has 3 rings (SSSR count). The minimum Gasteiger partial charge on any atom is -0.444 e. The van der Waals surface area contributed by atoms with Gasteiger partial charge in [-0.05, 0) is 39.3 Å². The molecule has 1 aromatic heterocycles. The number of aromatic nitrogens is 1. The lowest BCUT2D eigenvalue weighted by Crippen LogP contribution is -2.70. The highest BCUT2D eigenvalue weighted by atomic mass is 16.6. The summed E-state index contributed by atoms with van der Waals surface area (Å²) in [5.74, 6) is 0.365. The van der Waals surface area contributed by atoms with Crippen molar-refractivity contribution < 1.29 is 14.3 Å². The fraction of sp³-hybridized carbons (Fsp3) is 0.647. The number of fused-ring (bicyclic) bond motifs is 1. The second-order valence-electron chi connectivity index (χ2n) is 7.19. The van der Waals surface area contributed by atoms with Crippen LogP contribution in [0.5, 0.6) is 0 Å². The maximum absolute atomic E-state index is 12.1. The maximum Gasteiger partial charge on any atom is 0.407 e. The Labute approximate surface area is 137 Å². The number of carbonyl (C=O) groups is 1. The SMILES string of the molecule is CC(C)(C)OC(=O)NC1C2CCOC2C1NCc1ccccn1. The summed E-state index contributed by atoms with van der Waals surface area (Å²) in [4.78, 5) is 16.4. The number of nitrogens with one attached hydrogen (secondary N) is 2. The van der Waals surface area contributed by atoms with Gasteiger partial charge in [0, 0.05) is 25.3 Å². The quantitative estimate of drug-likeness (QED) is 0.886. The third kappa shape index (κ3) is 3.82. The van der Waals surface area contributed by atoms with Gasteiger partial charge in [0.15, 0.2) is 0 Å². The topological polar surface area (TPSA) is 72.5 Å². The average molecular weight is 319 g/mol. The Morgan fingerprint density at radius 2 is 2.22 bits per heavy atom. The summed E-state index contributed by atoms with van der Waals surface area (Å²) in [6.45, 7) is 7.01. The molecule has 0 aromatic carbocycles. The monoisotopic (exact) mass is 319 g/mol. The summed E-state index contributed by atoms with van der Waals surface area (Å²) in [5.41, 5.74) is 0.487. The zero-order valence-electron chi connectivity index (χ0n) is 13.9. The van der Waals surface area contributed by atoms with Crippen LogP contribution in [0.1, 0.15) is 32.9 Å². The van der Waals surface area contributed by atoms with Crippen LogP contribution in [0, 0.1) is 5.92 Å². The van der Waals surface area contributed by atoms with E-state index >= 15 is 0 Å². The second kappa shape index (κ2) is 6.45. The average Bonchev–Trinajstić information content (AvgIpc) is 2.89. The molecular weight excluding hydrogens is 294 g/mol. The first-order valence-corrected chi connectivity index (χ1v) is 8.18. The van der Waals surface area contributed by atoms with Crippen molar-refractivity contribution in [3.8, 4) is 0 Å². The summed E-state index contributed by atoms with van der Waals surface area (Å²) < 4.78 is 11.2. The van der Waals surface area contributed by atoms with E-state index in [1.165, 1.54) is 0 Å². The lowest BCUT2D eigenvalue weighted by atomic mass is 9.71. The number of pyridine rings is 1. The molecule has 1 aliphatic carbocycles. The summed E-state index contributed by atoms with van der Waals surface area (Å²) >= 11 is 0. The zero-order valence-corrected chi connectivity index (χ0v) is 13.9. The molecule has 2 aliphatic rings. The molecule has 4 atom stereocenters. The van der Waals surface area contributed by atoms with Gasteiger partial charge in [-0.2, -0.15) is 0 Å². The largest absolute Gasteiger partial charge is 0.444 e. The van der Waals surface area contributed by atoms with E-state index < -0.39 is 5.60 Å². The fourth-order valence-corrected chi connectivity index (χ4v) is 3.32. The third-order valence-electron chi connectivity index (χ3n) is 4.31. The van der Waals surface area contributed by atoms with E-state index in [0.717, 1.165) is 18.7 Å². The first-order valence-electron chi connectivity index (χ1n) is 8.18. The lowest BCUT2D eigenvalue weighted by molar-refractivity contribution is -0.0345. The van der Waals surface area contributed by atoms with E-state index in [-0.39, 0.29) is 24.3 Å². The number of alkyl carbamates (subject to hydrolysis) is 1. The highest BCUT2D eigenvalue weighted by Crippen LogP contribution is 2.39. The Hall–Kier alpha value is -1.66. The molecule has 0 bridgehead atoms. The molecule has 23 heavy (non-hydrogen) atoms. The van der Waals surface area contributed by atoms with Crippen molar-refractivity contribution in [2.45, 2.75) is 57.5 Å². The standard InChI is InChI=1S/C17H25N3O3/c1-17(2,3)23-16(21)20-13-12-7-9-22-15(12)14(13)19-10-11-6-4-5-8-18-11/h4-6,8,12-15,19H,7,9-10H2,1-3H3,(H,20,21). The Kier molecular flexibility index (Phi) is 4.55. The van der Waals surface area contributed by atoms with Gasteiger partial charge in [0.2, 0.25) is 0 Å². The minimum atomic E-state index is -0.490. The molecule has 2 fully saturated rings. The molecule has 2 heterocycles. The molecule has 1 amide bonds. The number of carbonyl (C=O) groups excluding carboxylic acids is 1. The Balaban J connectivity index is 1.58. The molecular formula is C17H25N3O3. The van der Waals surface area contributed by atoms with Crippen LogP contribution in [-0.4, -0.2) is 41.5 Å². The van der Waals surface area contributed by atoms with Crippen LogP contribution in [0.15, 0.2) is 24.4 Å². The minimum absolute atomic E-state index is 0.0427. The van der Waals surface area contributed by atoms with E-state index in [1.807, 2.05) is 39.0 Å². The van der Waals surface area contributed by atoms with Crippen LogP contribution in [0.3, 0.4) is 0 Å². The van der Waals surface area contributed by atoms with Crippen molar-refractivity contribution in [2.75, 3.05) is 6.61 Å². The smallest absolute Gasteiger partial charge is 0.407 e. The fourth-order valence-electron chi connectivity index (χ4n) is 3.32. The summed E-state index contributed by atoms with van der Waals surface area (Å²) in [7, 11) is 0. The third-order valence-corrected chi connectivity index (χ3v) is 4.31. The van der Waals surface area contributed by atoms with Crippen LogP contribution >= 0.6 is 0 Å². The van der Waals surface area contributed by atoms with E-state index in [2.05, 4.69) is 15.6 Å². The first-order chi connectivity index (χ1) is 10.9. The zero-order chi connectivity index (χ0) is 16.4. The van der Waals surface area contributed by atoms with Crippen LogP contribution in [0.25, 0.3) is 0 Å². The maximum atomic E-state index is 12.1. The van der Waals surface area contributed by atoms with Gasteiger partial charge >= 0.3 is 6.09 Å². The summed E-state index contributed by atoms with van der Waals surface area (Å²) in [6.07, 6.45) is 2.56. The van der Waals surface area contributed by atoms with Crippen molar-refractivity contribution in [1.82, 2.24) is 15.6 Å². The molecule has 1 aliphatic heterocycles. The summed E-state index contributed by atoms with van der Waals surface area (Å²) in [6, 6.07) is 5.99. The van der Waals surface area contributed by atoms with Gasteiger partial charge in [-0.15, -0.1) is 0 Å². The van der Waals surface area contributed by atoms with Gasteiger partial charge in [0.1, 0.15) is 5.60 Å². The number of hydrogen-bond donors (Lipinski definition) is 2. The number of ether oxygens (including phenoxy) is 2. The molecule has 6 heteroatoms. The van der Waals surface area contributed by atoms with Crippen molar-refractivity contribution in [1.29, 1.82) is 0 Å². The highest BCUT2D eigenvalue weighted by molar-refractivity contribution is 5.68. The van der Waals surface area contributed by atoms with Gasteiger partial charge in [0.25, 0.3) is 0 Å². The van der Waals surface area contributed by atoms with E-state index in [0.29, 0.717) is 12.5 Å². The van der Waals surface area contributed by atoms with Crippen LogP contribution < -0.4 is 10.6 Å². The highest BCUT2D eigenvalue weighted by Gasteiger charge is 2.54. The predicted octanol–water partition coefficient (Wildman–Crippen LogP) is 1.85. The molecule has 4 unspecified atom stereocenters. The Morgan fingerprint density at radius 1 is 1.39 bits per heavy atom. The molecule has 0 spiro atoms. The van der Waals surface area contributed by atoms with E-state index in [9.17, 15) is 4.79 Å². The molecule has 126 valence electrons. The number of hydrogen-bond acceptors (Lipinski definition) is 5.